The number of non-ortho nitro benzene ring substituents is 1. The van der Waals surface area contributed by atoms with Gasteiger partial charge in [0.1, 0.15) is 0 Å². The summed E-state index contributed by atoms with van der Waals surface area (Å²) in [4.78, 5) is 27.5. The zero-order chi connectivity index (χ0) is 18.4. The van der Waals surface area contributed by atoms with Crippen LogP contribution in [0.1, 0.15) is 36.5 Å². The van der Waals surface area contributed by atoms with Crippen LogP contribution in [-0.4, -0.2) is 56.0 Å². The number of amides is 1. The zero-order valence-electron chi connectivity index (χ0n) is 15.3. The number of piperidine rings is 1. The Kier molecular flexibility index (Phi) is 6.75. The number of nitro groups is 1. The molecule has 1 aliphatic heterocycles. The number of hydrogen-bond donors (Lipinski definition) is 1. The standard InChI is InChI=1S/C18H28N4O3/c1-14-7-11-21(12-8-14)17-6-5-15(22(24)25)13-16(17)18(23)19-9-4-10-20(2)3/h5-6,13-14H,4,7-12H2,1-3H3,(H,19,23). The Bertz CT molecular complexity index is 610. The summed E-state index contributed by atoms with van der Waals surface area (Å²) in [5, 5.41) is 14.0. The Morgan fingerprint density at radius 2 is 2.04 bits per heavy atom. The number of benzene rings is 1. The van der Waals surface area contributed by atoms with E-state index in [-0.39, 0.29) is 11.6 Å². The van der Waals surface area contributed by atoms with Crippen LogP contribution < -0.4 is 10.2 Å². The fraction of sp³-hybridized carbons (Fsp3) is 0.611. The van der Waals surface area contributed by atoms with Gasteiger partial charge in [0.2, 0.25) is 0 Å². The average Bonchev–Trinajstić information content (AvgIpc) is 2.58. The molecule has 0 radical (unpaired) electrons. The van der Waals surface area contributed by atoms with E-state index in [9.17, 15) is 14.9 Å². The van der Waals surface area contributed by atoms with Gasteiger partial charge < -0.3 is 15.1 Å². The van der Waals surface area contributed by atoms with Crippen LogP contribution in [0, 0.1) is 16.0 Å². The molecule has 0 unspecified atom stereocenters. The quantitative estimate of drug-likeness (QED) is 0.465. The molecule has 7 heteroatoms. The van der Waals surface area contributed by atoms with E-state index in [2.05, 4.69) is 22.0 Å². The molecule has 0 saturated carbocycles. The van der Waals surface area contributed by atoms with Gasteiger partial charge in [0.05, 0.1) is 16.2 Å². The summed E-state index contributed by atoms with van der Waals surface area (Å²) in [7, 11) is 3.97. The smallest absolute Gasteiger partial charge is 0.270 e. The Balaban J connectivity index is 2.15. The van der Waals surface area contributed by atoms with Crippen LogP contribution in [0.3, 0.4) is 0 Å². The minimum atomic E-state index is -0.453. The molecule has 25 heavy (non-hydrogen) atoms. The van der Waals surface area contributed by atoms with E-state index in [0.717, 1.165) is 44.6 Å². The van der Waals surface area contributed by atoms with Gasteiger partial charge in [-0.3, -0.25) is 14.9 Å². The molecule has 1 N–H and O–H groups in total. The number of rotatable bonds is 7. The molecule has 0 aromatic heterocycles. The Labute approximate surface area is 149 Å². The van der Waals surface area contributed by atoms with Crippen molar-refractivity contribution in [3.63, 3.8) is 0 Å². The number of carbonyl (C=O) groups excluding carboxylic acids is 1. The van der Waals surface area contributed by atoms with E-state index in [1.165, 1.54) is 12.1 Å². The van der Waals surface area contributed by atoms with Gasteiger partial charge in [-0.15, -0.1) is 0 Å². The van der Waals surface area contributed by atoms with Crippen molar-refractivity contribution in [1.29, 1.82) is 0 Å². The van der Waals surface area contributed by atoms with Crippen LogP contribution in [0.4, 0.5) is 11.4 Å². The van der Waals surface area contributed by atoms with Crippen LogP contribution in [0.25, 0.3) is 0 Å². The third-order valence-electron chi connectivity index (χ3n) is 4.63. The summed E-state index contributed by atoms with van der Waals surface area (Å²) in [6, 6.07) is 4.59. The molecule has 1 saturated heterocycles. The lowest BCUT2D eigenvalue weighted by molar-refractivity contribution is -0.384. The molecular weight excluding hydrogens is 320 g/mol. The monoisotopic (exact) mass is 348 g/mol. The highest BCUT2D eigenvalue weighted by Crippen LogP contribution is 2.29. The fourth-order valence-electron chi connectivity index (χ4n) is 3.04. The number of nitrogens with one attached hydrogen (secondary N) is 1. The minimum absolute atomic E-state index is 0.0485. The first-order chi connectivity index (χ1) is 11.9. The first-order valence-electron chi connectivity index (χ1n) is 8.85. The van der Waals surface area contributed by atoms with E-state index in [1.54, 1.807) is 6.07 Å². The van der Waals surface area contributed by atoms with Crippen LogP contribution in [0.15, 0.2) is 18.2 Å². The molecule has 7 nitrogen and oxygen atoms in total. The summed E-state index contributed by atoms with van der Waals surface area (Å²) in [6.45, 7) is 5.41. The second-order valence-electron chi connectivity index (χ2n) is 7.04. The maximum atomic E-state index is 12.6. The van der Waals surface area contributed by atoms with E-state index < -0.39 is 4.92 Å². The first kappa shape index (κ1) is 19.2. The summed E-state index contributed by atoms with van der Waals surface area (Å²) < 4.78 is 0. The Hall–Kier alpha value is -2.15. The molecule has 1 amide bonds. The van der Waals surface area contributed by atoms with Crippen LogP contribution in [0.5, 0.6) is 0 Å². The van der Waals surface area contributed by atoms with Crippen LogP contribution in [-0.2, 0) is 0 Å². The predicted octanol–water partition coefficient (Wildman–Crippen LogP) is 2.51. The van der Waals surface area contributed by atoms with Crippen molar-refractivity contribution in [3.05, 3.63) is 33.9 Å². The highest BCUT2D eigenvalue weighted by molar-refractivity contribution is 6.00. The molecule has 1 heterocycles. The molecule has 0 atom stereocenters. The predicted molar refractivity (Wildman–Crippen MR) is 99.2 cm³/mol. The number of anilines is 1. The van der Waals surface area contributed by atoms with Crippen molar-refractivity contribution in [2.75, 3.05) is 45.2 Å². The normalized spacial score (nSPS) is 15.4. The van der Waals surface area contributed by atoms with Gasteiger partial charge in [0.15, 0.2) is 0 Å². The molecule has 0 aliphatic carbocycles. The largest absolute Gasteiger partial charge is 0.371 e. The fourth-order valence-corrected chi connectivity index (χ4v) is 3.04. The maximum absolute atomic E-state index is 12.6. The minimum Gasteiger partial charge on any atom is -0.371 e. The zero-order valence-corrected chi connectivity index (χ0v) is 15.3. The van der Waals surface area contributed by atoms with Gasteiger partial charge >= 0.3 is 0 Å². The Morgan fingerprint density at radius 1 is 1.36 bits per heavy atom. The summed E-state index contributed by atoms with van der Waals surface area (Å²) >= 11 is 0. The van der Waals surface area contributed by atoms with Gasteiger partial charge in [0.25, 0.3) is 11.6 Å². The van der Waals surface area contributed by atoms with Crippen LogP contribution >= 0.6 is 0 Å². The third kappa shape index (κ3) is 5.42. The highest BCUT2D eigenvalue weighted by atomic mass is 16.6. The Morgan fingerprint density at radius 3 is 2.64 bits per heavy atom. The SMILES string of the molecule is CC1CCN(c2ccc([N+](=O)[O-])cc2C(=O)NCCCN(C)C)CC1. The lowest BCUT2D eigenvalue weighted by atomic mass is 9.98. The number of carbonyl (C=O) groups is 1. The molecule has 0 spiro atoms. The van der Waals surface area contributed by atoms with Crippen molar-refractivity contribution in [2.45, 2.75) is 26.2 Å². The van der Waals surface area contributed by atoms with Gasteiger partial charge in [-0.1, -0.05) is 6.92 Å². The summed E-state index contributed by atoms with van der Waals surface area (Å²) in [5.41, 5.74) is 1.14. The molecule has 1 aromatic rings. The number of nitrogens with zero attached hydrogens (tertiary/aromatic N) is 3. The van der Waals surface area contributed by atoms with Gasteiger partial charge in [0, 0.05) is 31.8 Å². The second-order valence-corrected chi connectivity index (χ2v) is 7.04. The van der Waals surface area contributed by atoms with Gasteiger partial charge in [-0.2, -0.15) is 0 Å². The van der Waals surface area contributed by atoms with Crippen molar-refractivity contribution in [3.8, 4) is 0 Å². The maximum Gasteiger partial charge on any atom is 0.270 e. The molecule has 1 fully saturated rings. The molecule has 0 bridgehead atoms. The molecule has 1 aromatic carbocycles. The number of nitro benzene ring substituents is 1. The van der Waals surface area contributed by atoms with E-state index in [1.807, 2.05) is 14.1 Å². The van der Waals surface area contributed by atoms with E-state index in [4.69, 9.17) is 0 Å². The van der Waals surface area contributed by atoms with Crippen molar-refractivity contribution in [2.24, 2.45) is 5.92 Å². The summed E-state index contributed by atoms with van der Waals surface area (Å²) in [6.07, 6.45) is 2.98. The van der Waals surface area contributed by atoms with E-state index >= 15 is 0 Å². The molecule has 1 aliphatic rings. The highest BCUT2D eigenvalue weighted by Gasteiger charge is 2.23. The molecule has 2 rings (SSSR count). The van der Waals surface area contributed by atoms with E-state index in [0.29, 0.717) is 18.0 Å². The van der Waals surface area contributed by atoms with Crippen molar-refractivity contribution >= 4 is 17.3 Å². The first-order valence-corrected chi connectivity index (χ1v) is 8.85. The molecular formula is C18H28N4O3. The summed E-state index contributed by atoms with van der Waals surface area (Å²) in [5.74, 6) is 0.439. The van der Waals surface area contributed by atoms with Crippen LogP contribution in [0.2, 0.25) is 0 Å². The molecule has 138 valence electrons. The lowest BCUT2D eigenvalue weighted by Crippen LogP contribution is -2.35. The third-order valence-corrected chi connectivity index (χ3v) is 4.63. The van der Waals surface area contributed by atoms with Gasteiger partial charge in [-0.05, 0) is 51.9 Å². The average molecular weight is 348 g/mol. The lowest BCUT2D eigenvalue weighted by Gasteiger charge is -2.33. The van der Waals surface area contributed by atoms with Crippen molar-refractivity contribution < 1.29 is 9.72 Å². The second kappa shape index (κ2) is 8.80. The van der Waals surface area contributed by atoms with Gasteiger partial charge in [-0.25, -0.2) is 0 Å². The van der Waals surface area contributed by atoms with Crippen molar-refractivity contribution in [1.82, 2.24) is 10.2 Å². The number of hydrogen-bond acceptors (Lipinski definition) is 5. The topological polar surface area (TPSA) is 78.7 Å².